The Balaban J connectivity index is 1.21. The van der Waals surface area contributed by atoms with Crippen LogP contribution in [0.4, 0.5) is 14.5 Å². The first kappa shape index (κ1) is 31.4. The lowest BCUT2D eigenvalue weighted by Crippen LogP contribution is -2.70. The Bertz CT molecular complexity index is 1640. The van der Waals surface area contributed by atoms with E-state index in [1.807, 2.05) is 43.4 Å². The van der Waals surface area contributed by atoms with Gasteiger partial charge in [-0.05, 0) is 73.1 Å². The molecule has 2 aromatic rings. The zero-order valence-corrected chi connectivity index (χ0v) is 26.5. The smallest absolute Gasteiger partial charge is 0.193 e. The van der Waals surface area contributed by atoms with Gasteiger partial charge >= 0.3 is 0 Å². The van der Waals surface area contributed by atoms with Crippen LogP contribution < -0.4 is 5.32 Å². The Morgan fingerprint density at radius 3 is 2.54 bits per heavy atom. The van der Waals surface area contributed by atoms with E-state index in [-0.39, 0.29) is 30.8 Å². The number of hydrogen-bond donors (Lipinski definition) is 3. The highest BCUT2D eigenvalue weighted by atomic mass is 19.1. The number of anilines is 1. The third-order valence-electron chi connectivity index (χ3n) is 12.3. The highest BCUT2D eigenvalue weighted by Gasteiger charge is 2.80. The average molecular weight is 634 g/mol. The zero-order valence-electron chi connectivity index (χ0n) is 26.5. The molecular weight excluding hydrogens is 592 g/mol. The van der Waals surface area contributed by atoms with E-state index in [1.165, 1.54) is 12.2 Å². The molecule has 9 heteroatoms. The standard InChI is InChI=1S/C37H41F2NO6/c1-20(23-6-5-7-24(14-23)40-4)21-8-10-22(11-9-21)33-45-32-17-26-27-16-29(38)28-15-25(42)12-13-34(28,2)36(27,39)30(43)18-35(26,3)37(32,46-33)31(44)19-41/h5-15,20,26-27,29-30,32-33,40-41,43H,16-19H2,1-4H3/t20-,26?,27-,29-,30-,32+,33+,34-,35-,36-,37+/m0/s1. The van der Waals surface area contributed by atoms with Crippen molar-refractivity contribution in [2.75, 3.05) is 19.0 Å². The van der Waals surface area contributed by atoms with E-state index in [0.717, 1.165) is 22.9 Å². The van der Waals surface area contributed by atoms with Gasteiger partial charge in [0.1, 0.15) is 12.8 Å². The van der Waals surface area contributed by atoms with E-state index in [9.17, 15) is 19.8 Å². The molecule has 244 valence electrons. The molecule has 1 aliphatic heterocycles. The summed E-state index contributed by atoms with van der Waals surface area (Å²) < 4.78 is 46.5. The van der Waals surface area contributed by atoms with Crippen LogP contribution in [-0.2, 0) is 19.1 Å². The van der Waals surface area contributed by atoms with Crippen LogP contribution in [0.2, 0.25) is 0 Å². The SMILES string of the molecule is CNc1cccc([C@@H](C)c2ccc([C@@H]3O[C@@H]4CC5[C@@H]6C[C@H](F)C7=CC(=O)C=C[C@]7(C)[C@@]6(F)[C@@H](O)C[C@]5(C)[C@]4(C(=O)CO)O3)cc2)c1. The van der Waals surface area contributed by atoms with Gasteiger partial charge in [0.2, 0.25) is 0 Å². The van der Waals surface area contributed by atoms with Crippen LogP contribution in [0.1, 0.15) is 68.9 Å². The number of allylic oxidation sites excluding steroid dienone is 4. The molecule has 0 amide bonds. The first-order valence-corrected chi connectivity index (χ1v) is 16.2. The van der Waals surface area contributed by atoms with Crippen molar-refractivity contribution in [3.05, 3.63) is 89.0 Å². The maximum atomic E-state index is 17.6. The molecule has 1 unspecified atom stereocenters. The van der Waals surface area contributed by atoms with Crippen LogP contribution in [0, 0.1) is 22.7 Å². The zero-order chi connectivity index (χ0) is 32.8. The summed E-state index contributed by atoms with van der Waals surface area (Å²) in [6.45, 7) is 4.63. The first-order valence-electron chi connectivity index (χ1n) is 16.2. The van der Waals surface area contributed by atoms with Crippen molar-refractivity contribution >= 4 is 17.3 Å². The summed E-state index contributed by atoms with van der Waals surface area (Å²) in [5.74, 6) is -2.48. The molecule has 0 radical (unpaired) electrons. The summed E-state index contributed by atoms with van der Waals surface area (Å²) in [4.78, 5) is 25.9. The van der Waals surface area contributed by atoms with E-state index in [1.54, 1.807) is 13.8 Å². The lowest BCUT2D eigenvalue weighted by atomic mass is 9.44. The predicted octanol–water partition coefficient (Wildman–Crippen LogP) is 5.52. The molecule has 7 nitrogen and oxygen atoms in total. The Morgan fingerprint density at radius 1 is 1.11 bits per heavy atom. The molecule has 3 N–H and O–H groups in total. The Hall–Kier alpha value is -3.24. The molecule has 4 fully saturated rings. The lowest BCUT2D eigenvalue weighted by Gasteiger charge is -2.63. The number of nitrogens with one attached hydrogen (secondary N) is 1. The maximum Gasteiger partial charge on any atom is 0.193 e. The fourth-order valence-corrected chi connectivity index (χ4v) is 9.81. The summed E-state index contributed by atoms with van der Waals surface area (Å²) in [5.41, 5.74) is -2.66. The van der Waals surface area contributed by atoms with Crippen molar-refractivity contribution in [1.82, 2.24) is 0 Å². The molecule has 3 saturated carbocycles. The molecule has 1 heterocycles. The molecule has 5 aliphatic rings. The number of benzene rings is 2. The van der Waals surface area contributed by atoms with Gasteiger partial charge in [-0.3, -0.25) is 9.59 Å². The number of alkyl halides is 2. The van der Waals surface area contributed by atoms with Crippen LogP contribution in [0.5, 0.6) is 0 Å². The van der Waals surface area contributed by atoms with Crippen LogP contribution >= 0.6 is 0 Å². The molecule has 1 saturated heterocycles. The molecule has 46 heavy (non-hydrogen) atoms. The Morgan fingerprint density at radius 2 is 1.85 bits per heavy atom. The number of ketones is 2. The number of aliphatic hydroxyl groups is 2. The number of hydrogen-bond acceptors (Lipinski definition) is 7. The number of aliphatic hydroxyl groups excluding tert-OH is 2. The number of rotatable bonds is 6. The first-order chi connectivity index (χ1) is 21.8. The van der Waals surface area contributed by atoms with Crippen LogP contribution in [0.3, 0.4) is 0 Å². The van der Waals surface area contributed by atoms with Crippen molar-refractivity contribution in [2.24, 2.45) is 22.7 Å². The largest absolute Gasteiger partial charge is 0.390 e. The monoisotopic (exact) mass is 633 g/mol. The highest BCUT2D eigenvalue weighted by Crippen LogP contribution is 2.72. The van der Waals surface area contributed by atoms with Crippen LogP contribution in [-0.4, -0.2) is 65.1 Å². The van der Waals surface area contributed by atoms with Crippen LogP contribution in [0.15, 0.2) is 72.3 Å². The van der Waals surface area contributed by atoms with Crippen molar-refractivity contribution in [3.8, 4) is 0 Å². The van der Waals surface area contributed by atoms with Gasteiger partial charge in [0.05, 0.1) is 12.2 Å². The Kier molecular flexibility index (Phi) is 7.25. The van der Waals surface area contributed by atoms with Crippen molar-refractivity contribution in [2.45, 2.75) is 81.9 Å². The number of halogens is 2. The van der Waals surface area contributed by atoms with E-state index in [4.69, 9.17) is 9.47 Å². The van der Waals surface area contributed by atoms with Gasteiger partial charge in [-0.15, -0.1) is 0 Å². The molecule has 0 bridgehead atoms. The van der Waals surface area contributed by atoms with Gasteiger partial charge in [-0.25, -0.2) is 8.78 Å². The molecular formula is C37H41F2NO6. The van der Waals surface area contributed by atoms with E-state index < -0.39 is 76.8 Å². The highest BCUT2D eigenvalue weighted by molar-refractivity contribution is 6.01. The average Bonchev–Trinajstić information content (AvgIpc) is 3.56. The van der Waals surface area contributed by atoms with Gasteiger partial charge in [-0.2, -0.15) is 0 Å². The fourth-order valence-electron chi connectivity index (χ4n) is 9.81. The van der Waals surface area contributed by atoms with E-state index in [2.05, 4.69) is 24.4 Å². The fraction of sp³-hybridized carbons (Fsp3) is 0.514. The van der Waals surface area contributed by atoms with Crippen LogP contribution in [0.25, 0.3) is 0 Å². The summed E-state index contributed by atoms with van der Waals surface area (Å²) in [7, 11) is 1.88. The van der Waals surface area contributed by atoms with E-state index in [0.29, 0.717) is 5.56 Å². The number of fused-ring (bicyclic) bond motifs is 7. The summed E-state index contributed by atoms with van der Waals surface area (Å²) in [6, 6.07) is 16.0. The van der Waals surface area contributed by atoms with Crippen molar-refractivity contribution in [3.63, 3.8) is 0 Å². The van der Waals surface area contributed by atoms with Gasteiger partial charge in [0.15, 0.2) is 29.1 Å². The van der Waals surface area contributed by atoms with Crippen molar-refractivity contribution < 1.29 is 38.1 Å². The predicted molar refractivity (Wildman–Crippen MR) is 167 cm³/mol. The second kappa shape index (κ2) is 10.6. The minimum Gasteiger partial charge on any atom is -0.390 e. The summed E-state index contributed by atoms with van der Waals surface area (Å²) in [5, 5.41) is 25.1. The van der Waals surface area contributed by atoms with E-state index >= 15 is 8.78 Å². The third kappa shape index (κ3) is 4.01. The maximum absolute atomic E-state index is 17.6. The Labute approximate surface area is 267 Å². The number of carbonyl (C=O) groups excluding carboxylic acids is 2. The molecule has 7 rings (SSSR count). The number of carbonyl (C=O) groups is 2. The van der Waals surface area contributed by atoms with Crippen molar-refractivity contribution in [1.29, 1.82) is 0 Å². The number of ether oxygens (including phenoxy) is 2. The lowest BCUT2D eigenvalue weighted by molar-refractivity contribution is -0.235. The minimum absolute atomic E-state index is 0.0424. The summed E-state index contributed by atoms with van der Waals surface area (Å²) in [6.07, 6.45) is -1.37. The molecule has 2 aromatic carbocycles. The molecule has 4 aliphatic carbocycles. The molecule has 0 aromatic heterocycles. The number of Topliss-reactive ketones (excluding diaryl/α,β-unsaturated/α-hetero) is 1. The van der Waals surface area contributed by atoms with Gasteiger partial charge < -0.3 is 25.0 Å². The quantitative estimate of drug-likeness (QED) is 0.385. The van der Waals surface area contributed by atoms with Gasteiger partial charge in [0.25, 0.3) is 0 Å². The molecule has 11 atom stereocenters. The normalized spacial score (nSPS) is 41.6. The minimum atomic E-state index is -2.29. The van der Waals surface area contributed by atoms with Gasteiger partial charge in [-0.1, -0.05) is 56.3 Å². The molecule has 0 spiro atoms. The topological polar surface area (TPSA) is 105 Å². The third-order valence-corrected chi connectivity index (χ3v) is 12.3. The second-order valence-electron chi connectivity index (χ2n) is 14.3. The van der Waals surface area contributed by atoms with Gasteiger partial charge in [0, 0.05) is 41.0 Å². The second-order valence-corrected chi connectivity index (χ2v) is 14.3. The summed E-state index contributed by atoms with van der Waals surface area (Å²) >= 11 is 0.